The Labute approximate surface area is 164 Å². The van der Waals surface area contributed by atoms with E-state index in [1.165, 1.54) is 0 Å². The standard InChI is InChI=1S/C19H26ClN3O4/c1-14-13-23(16-12-15(20)2-3-17(16)27-14)19(25)5-4-18(24)21-6-7-22-8-10-26-11-9-22/h2-3,12,14H,4-11,13H2,1H3,(H,21,24). The fourth-order valence-corrected chi connectivity index (χ4v) is 3.44. The topological polar surface area (TPSA) is 71.1 Å². The normalized spacial score (nSPS) is 19.9. The molecule has 0 saturated carbocycles. The van der Waals surface area contributed by atoms with Gasteiger partial charge in [-0.25, -0.2) is 0 Å². The van der Waals surface area contributed by atoms with Crippen molar-refractivity contribution in [3.05, 3.63) is 23.2 Å². The third kappa shape index (κ3) is 5.57. The van der Waals surface area contributed by atoms with Crippen LogP contribution in [0.25, 0.3) is 0 Å². The average Bonchev–Trinajstić information content (AvgIpc) is 2.66. The molecule has 1 saturated heterocycles. The number of rotatable bonds is 6. The van der Waals surface area contributed by atoms with Crippen LogP contribution in [0.15, 0.2) is 18.2 Å². The van der Waals surface area contributed by atoms with Crippen molar-refractivity contribution < 1.29 is 19.1 Å². The molecule has 0 radical (unpaired) electrons. The van der Waals surface area contributed by atoms with Crippen molar-refractivity contribution in [3.63, 3.8) is 0 Å². The second kappa shape index (κ2) is 9.39. The van der Waals surface area contributed by atoms with Gasteiger partial charge in [0, 0.05) is 44.0 Å². The minimum atomic E-state index is -0.107. The van der Waals surface area contributed by atoms with Gasteiger partial charge in [-0.15, -0.1) is 0 Å². The van der Waals surface area contributed by atoms with E-state index in [1.807, 2.05) is 6.92 Å². The van der Waals surface area contributed by atoms with Crippen molar-refractivity contribution in [1.29, 1.82) is 0 Å². The van der Waals surface area contributed by atoms with Gasteiger partial charge in [0.15, 0.2) is 0 Å². The zero-order valence-corrected chi connectivity index (χ0v) is 16.3. The highest BCUT2D eigenvalue weighted by Gasteiger charge is 2.28. The fraction of sp³-hybridized carbons (Fsp3) is 0.579. The first-order chi connectivity index (χ1) is 13.0. The van der Waals surface area contributed by atoms with Gasteiger partial charge < -0.3 is 19.7 Å². The maximum absolute atomic E-state index is 12.7. The minimum absolute atomic E-state index is 0.100. The second-order valence-electron chi connectivity index (χ2n) is 6.85. The lowest BCUT2D eigenvalue weighted by Crippen LogP contribution is -2.43. The van der Waals surface area contributed by atoms with Gasteiger partial charge in [-0.3, -0.25) is 14.5 Å². The lowest BCUT2D eigenvalue weighted by atomic mass is 10.1. The van der Waals surface area contributed by atoms with Crippen molar-refractivity contribution in [1.82, 2.24) is 10.2 Å². The van der Waals surface area contributed by atoms with Gasteiger partial charge in [0.2, 0.25) is 11.8 Å². The summed E-state index contributed by atoms with van der Waals surface area (Å²) in [7, 11) is 0. The van der Waals surface area contributed by atoms with E-state index >= 15 is 0 Å². The molecule has 0 bridgehead atoms. The number of anilines is 1. The van der Waals surface area contributed by atoms with Crippen LogP contribution in [0.4, 0.5) is 5.69 Å². The number of benzene rings is 1. The fourth-order valence-electron chi connectivity index (χ4n) is 3.27. The number of halogens is 1. The van der Waals surface area contributed by atoms with Crippen molar-refractivity contribution in [2.45, 2.75) is 25.9 Å². The second-order valence-corrected chi connectivity index (χ2v) is 7.29. The molecule has 7 nitrogen and oxygen atoms in total. The van der Waals surface area contributed by atoms with Gasteiger partial charge in [0.25, 0.3) is 0 Å². The van der Waals surface area contributed by atoms with Crippen LogP contribution in [-0.2, 0) is 14.3 Å². The molecule has 1 unspecified atom stereocenters. The molecule has 8 heteroatoms. The largest absolute Gasteiger partial charge is 0.487 e. The lowest BCUT2D eigenvalue weighted by molar-refractivity contribution is -0.125. The van der Waals surface area contributed by atoms with Crippen LogP contribution in [0, 0.1) is 0 Å². The highest BCUT2D eigenvalue weighted by Crippen LogP contribution is 2.36. The number of morpholine rings is 1. The number of carbonyl (C=O) groups is 2. The summed E-state index contributed by atoms with van der Waals surface area (Å²) in [4.78, 5) is 28.7. The molecule has 1 fully saturated rings. The molecule has 2 aliphatic rings. The van der Waals surface area contributed by atoms with E-state index in [4.69, 9.17) is 21.1 Å². The van der Waals surface area contributed by atoms with Gasteiger partial charge in [-0.05, 0) is 25.1 Å². The van der Waals surface area contributed by atoms with E-state index in [0.29, 0.717) is 29.5 Å². The maximum atomic E-state index is 12.7. The molecule has 1 aromatic rings. The lowest BCUT2D eigenvalue weighted by Gasteiger charge is -2.33. The molecule has 1 aromatic carbocycles. The highest BCUT2D eigenvalue weighted by molar-refractivity contribution is 6.31. The molecule has 0 aliphatic carbocycles. The molecular weight excluding hydrogens is 370 g/mol. The zero-order valence-electron chi connectivity index (χ0n) is 15.6. The molecule has 2 amide bonds. The SMILES string of the molecule is CC1CN(C(=O)CCC(=O)NCCN2CCOCC2)c2cc(Cl)ccc2O1. The van der Waals surface area contributed by atoms with Crippen molar-refractivity contribution >= 4 is 29.1 Å². The van der Waals surface area contributed by atoms with Crippen LogP contribution in [-0.4, -0.2) is 68.8 Å². The number of ether oxygens (including phenoxy) is 2. The van der Waals surface area contributed by atoms with Crippen molar-refractivity contribution in [2.75, 3.05) is 50.8 Å². The number of hydrogen-bond acceptors (Lipinski definition) is 5. The molecule has 2 heterocycles. The third-order valence-corrected chi connectivity index (χ3v) is 4.94. The summed E-state index contributed by atoms with van der Waals surface area (Å²) < 4.78 is 11.1. The smallest absolute Gasteiger partial charge is 0.227 e. The Morgan fingerprint density at radius 1 is 1.26 bits per heavy atom. The van der Waals surface area contributed by atoms with Crippen LogP contribution < -0.4 is 15.0 Å². The predicted octanol–water partition coefficient (Wildman–Crippen LogP) is 1.68. The minimum Gasteiger partial charge on any atom is -0.487 e. The monoisotopic (exact) mass is 395 g/mol. The summed E-state index contributed by atoms with van der Waals surface area (Å²) in [6.45, 7) is 7.02. The molecule has 0 aromatic heterocycles. The number of nitrogens with one attached hydrogen (secondary N) is 1. The molecule has 2 aliphatic heterocycles. The first-order valence-electron chi connectivity index (χ1n) is 9.36. The van der Waals surface area contributed by atoms with Gasteiger partial charge in [0.05, 0.1) is 25.4 Å². The van der Waals surface area contributed by atoms with E-state index in [0.717, 1.165) is 32.8 Å². The number of hydrogen-bond donors (Lipinski definition) is 1. The Balaban J connectivity index is 1.46. The summed E-state index contributed by atoms with van der Waals surface area (Å²) in [5.74, 6) is 0.433. The Bertz CT molecular complexity index is 679. The van der Waals surface area contributed by atoms with Crippen LogP contribution in [0.3, 0.4) is 0 Å². The maximum Gasteiger partial charge on any atom is 0.227 e. The predicted molar refractivity (Wildman–Crippen MR) is 103 cm³/mol. The summed E-state index contributed by atoms with van der Waals surface area (Å²) >= 11 is 6.06. The Morgan fingerprint density at radius 2 is 2.04 bits per heavy atom. The van der Waals surface area contributed by atoms with E-state index < -0.39 is 0 Å². The molecule has 148 valence electrons. The summed E-state index contributed by atoms with van der Waals surface area (Å²) in [6.07, 6.45) is 0.219. The molecule has 0 spiro atoms. The Morgan fingerprint density at radius 3 is 2.81 bits per heavy atom. The van der Waals surface area contributed by atoms with E-state index in [1.54, 1.807) is 23.1 Å². The van der Waals surface area contributed by atoms with E-state index in [9.17, 15) is 9.59 Å². The first kappa shape index (κ1) is 19.9. The van der Waals surface area contributed by atoms with Gasteiger partial charge >= 0.3 is 0 Å². The third-order valence-electron chi connectivity index (χ3n) is 4.70. The van der Waals surface area contributed by atoms with Crippen LogP contribution in [0.1, 0.15) is 19.8 Å². The number of carbonyl (C=O) groups excluding carboxylic acids is 2. The van der Waals surface area contributed by atoms with Gasteiger partial charge in [-0.1, -0.05) is 11.6 Å². The Kier molecular flexibility index (Phi) is 6.93. The summed E-state index contributed by atoms with van der Waals surface area (Å²) in [5.41, 5.74) is 0.665. The molecule has 1 N–H and O–H groups in total. The van der Waals surface area contributed by atoms with Crippen molar-refractivity contribution in [3.8, 4) is 5.75 Å². The van der Waals surface area contributed by atoms with Crippen LogP contribution in [0.5, 0.6) is 5.75 Å². The van der Waals surface area contributed by atoms with Gasteiger partial charge in [-0.2, -0.15) is 0 Å². The highest BCUT2D eigenvalue weighted by atomic mass is 35.5. The van der Waals surface area contributed by atoms with Gasteiger partial charge in [0.1, 0.15) is 11.9 Å². The number of nitrogens with zero attached hydrogens (tertiary/aromatic N) is 2. The number of amides is 2. The molecule has 3 rings (SSSR count). The van der Waals surface area contributed by atoms with Crippen LogP contribution in [0.2, 0.25) is 5.02 Å². The van der Waals surface area contributed by atoms with E-state index in [2.05, 4.69) is 10.2 Å². The van der Waals surface area contributed by atoms with E-state index in [-0.39, 0.29) is 30.8 Å². The quantitative estimate of drug-likeness (QED) is 0.793. The average molecular weight is 396 g/mol. The number of fused-ring (bicyclic) bond motifs is 1. The molecular formula is C19H26ClN3O4. The molecule has 1 atom stereocenters. The Hall–Kier alpha value is -1.83. The summed E-state index contributed by atoms with van der Waals surface area (Å²) in [5, 5.41) is 3.43. The first-order valence-corrected chi connectivity index (χ1v) is 9.74. The molecule has 27 heavy (non-hydrogen) atoms. The van der Waals surface area contributed by atoms with Crippen molar-refractivity contribution in [2.24, 2.45) is 0 Å². The summed E-state index contributed by atoms with van der Waals surface area (Å²) in [6, 6.07) is 5.23. The zero-order chi connectivity index (χ0) is 19.2. The van der Waals surface area contributed by atoms with Crippen LogP contribution >= 0.6 is 11.6 Å².